The largest absolute Gasteiger partial charge is 0.480 e. The van der Waals surface area contributed by atoms with Crippen LogP contribution in [0.15, 0.2) is 34.9 Å². The number of aromatic nitrogens is 1. The molecule has 0 aliphatic carbocycles. The van der Waals surface area contributed by atoms with Gasteiger partial charge in [-0.3, -0.25) is 14.5 Å². The third-order valence-corrected chi connectivity index (χ3v) is 5.09. The van der Waals surface area contributed by atoms with Crippen molar-refractivity contribution in [3.8, 4) is 11.3 Å². The Morgan fingerprint density at radius 2 is 2.07 bits per heavy atom. The molecule has 0 atom stereocenters. The lowest BCUT2D eigenvalue weighted by Crippen LogP contribution is -2.48. The summed E-state index contributed by atoms with van der Waals surface area (Å²) in [4.78, 5) is 27.4. The highest BCUT2D eigenvalue weighted by Gasteiger charge is 2.29. The molecule has 2 aromatic rings. The Morgan fingerprint density at radius 3 is 2.70 bits per heavy atom. The predicted octanol–water partition coefficient (Wildman–Crippen LogP) is 3.01. The van der Waals surface area contributed by atoms with Gasteiger partial charge in [0, 0.05) is 35.8 Å². The maximum absolute atomic E-state index is 12.7. The minimum atomic E-state index is -0.827. The van der Waals surface area contributed by atoms with E-state index in [1.54, 1.807) is 23.1 Å². The third-order valence-electron chi connectivity index (χ3n) is 4.85. The summed E-state index contributed by atoms with van der Waals surface area (Å²) in [5.41, 5.74) is 1.03. The van der Waals surface area contributed by atoms with Crippen LogP contribution in [-0.2, 0) is 4.79 Å². The molecule has 1 aliphatic rings. The molecule has 7 nitrogen and oxygen atoms in total. The summed E-state index contributed by atoms with van der Waals surface area (Å²) in [5.74, 6) is -0.507. The van der Waals surface area contributed by atoms with Crippen LogP contribution in [0, 0.1) is 0 Å². The Balaban J connectivity index is 1.62. The van der Waals surface area contributed by atoms with Gasteiger partial charge in [-0.25, -0.2) is 0 Å². The number of carbonyl (C=O) groups is 2. The summed E-state index contributed by atoms with van der Waals surface area (Å²) >= 11 is 5.99. The highest BCUT2D eigenvalue weighted by atomic mass is 35.5. The van der Waals surface area contributed by atoms with E-state index in [4.69, 9.17) is 21.2 Å². The van der Waals surface area contributed by atoms with Crippen LogP contribution in [-0.4, -0.2) is 64.2 Å². The molecule has 1 aromatic carbocycles. The summed E-state index contributed by atoms with van der Waals surface area (Å²) in [5, 5.41) is 13.5. The first-order valence-corrected chi connectivity index (χ1v) is 9.33. The number of nitrogens with zero attached hydrogens (tertiary/aromatic N) is 3. The standard InChI is InChI=1S/C19H22ClN3O4/c1-2-22(12-18(24)25)15-6-8-23(9-7-15)19(26)16-11-17(27-21-16)13-4-3-5-14(20)10-13/h3-5,10-11,15H,2,6-9,12H2,1H3,(H,24,25). The van der Waals surface area contributed by atoms with E-state index in [0.29, 0.717) is 30.4 Å². The molecule has 3 rings (SSSR count). The van der Waals surface area contributed by atoms with Crippen LogP contribution in [0.1, 0.15) is 30.3 Å². The number of amides is 1. The van der Waals surface area contributed by atoms with Crippen molar-refractivity contribution in [2.75, 3.05) is 26.2 Å². The number of halogens is 1. The van der Waals surface area contributed by atoms with Crippen molar-refractivity contribution in [1.82, 2.24) is 15.0 Å². The van der Waals surface area contributed by atoms with Gasteiger partial charge >= 0.3 is 5.97 Å². The van der Waals surface area contributed by atoms with Gasteiger partial charge in [-0.2, -0.15) is 0 Å². The molecule has 0 saturated carbocycles. The summed E-state index contributed by atoms with van der Waals surface area (Å²) in [6, 6.07) is 8.97. The number of likely N-dealkylation sites (tertiary alicyclic amines) is 1. The minimum Gasteiger partial charge on any atom is -0.480 e. The van der Waals surface area contributed by atoms with E-state index in [0.717, 1.165) is 18.4 Å². The molecule has 144 valence electrons. The fourth-order valence-corrected chi connectivity index (χ4v) is 3.61. The van der Waals surface area contributed by atoms with Crippen molar-refractivity contribution in [2.45, 2.75) is 25.8 Å². The first kappa shape index (κ1) is 19.4. The molecule has 0 spiro atoms. The maximum atomic E-state index is 12.7. The van der Waals surface area contributed by atoms with Crippen LogP contribution >= 0.6 is 11.6 Å². The van der Waals surface area contributed by atoms with Crippen molar-refractivity contribution >= 4 is 23.5 Å². The number of aliphatic carboxylic acids is 1. The van der Waals surface area contributed by atoms with E-state index >= 15 is 0 Å². The second-order valence-electron chi connectivity index (χ2n) is 6.57. The lowest BCUT2D eigenvalue weighted by atomic mass is 10.0. The fourth-order valence-electron chi connectivity index (χ4n) is 3.42. The van der Waals surface area contributed by atoms with Crippen LogP contribution in [0.25, 0.3) is 11.3 Å². The number of rotatable bonds is 6. The number of benzene rings is 1. The summed E-state index contributed by atoms with van der Waals surface area (Å²) in [7, 11) is 0. The summed E-state index contributed by atoms with van der Waals surface area (Å²) in [6.45, 7) is 3.80. The highest BCUT2D eigenvalue weighted by Crippen LogP contribution is 2.25. The van der Waals surface area contributed by atoms with Gasteiger partial charge in [0.15, 0.2) is 11.5 Å². The quantitative estimate of drug-likeness (QED) is 0.814. The number of carboxylic acids is 1. The zero-order chi connectivity index (χ0) is 19.4. The Bertz CT molecular complexity index is 815. The molecule has 1 aliphatic heterocycles. The zero-order valence-electron chi connectivity index (χ0n) is 15.1. The molecule has 0 radical (unpaired) electrons. The first-order chi connectivity index (χ1) is 13.0. The van der Waals surface area contributed by atoms with Crippen molar-refractivity contribution in [2.24, 2.45) is 0 Å². The monoisotopic (exact) mass is 391 g/mol. The van der Waals surface area contributed by atoms with E-state index in [-0.39, 0.29) is 24.2 Å². The fraction of sp³-hybridized carbons (Fsp3) is 0.421. The van der Waals surface area contributed by atoms with Crippen LogP contribution in [0.2, 0.25) is 5.02 Å². The van der Waals surface area contributed by atoms with E-state index in [1.807, 2.05) is 24.0 Å². The van der Waals surface area contributed by atoms with Crippen molar-refractivity contribution in [3.05, 3.63) is 41.0 Å². The van der Waals surface area contributed by atoms with Gasteiger partial charge in [0.2, 0.25) is 0 Å². The van der Waals surface area contributed by atoms with Crippen LogP contribution in [0.4, 0.5) is 0 Å². The van der Waals surface area contributed by atoms with Gasteiger partial charge in [0.1, 0.15) is 0 Å². The molecule has 1 amide bonds. The van der Waals surface area contributed by atoms with Gasteiger partial charge in [-0.1, -0.05) is 35.8 Å². The van der Waals surface area contributed by atoms with Crippen LogP contribution in [0.5, 0.6) is 0 Å². The Labute approximate surface area is 162 Å². The van der Waals surface area contributed by atoms with Gasteiger partial charge in [-0.05, 0) is 31.5 Å². The topological polar surface area (TPSA) is 86.9 Å². The Morgan fingerprint density at radius 1 is 1.33 bits per heavy atom. The van der Waals surface area contributed by atoms with Gasteiger partial charge in [0.25, 0.3) is 5.91 Å². The second kappa shape index (κ2) is 8.54. The Kier molecular flexibility index (Phi) is 6.13. The predicted molar refractivity (Wildman–Crippen MR) is 101 cm³/mol. The zero-order valence-corrected chi connectivity index (χ0v) is 15.9. The molecule has 1 saturated heterocycles. The Hall–Kier alpha value is -2.38. The van der Waals surface area contributed by atoms with E-state index in [2.05, 4.69) is 5.16 Å². The average molecular weight is 392 g/mol. The molecular weight excluding hydrogens is 370 g/mol. The van der Waals surface area contributed by atoms with Gasteiger partial charge in [-0.15, -0.1) is 0 Å². The number of carbonyl (C=O) groups excluding carboxylic acids is 1. The molecule has 0 unspecified atom stereocenters. The molecule has 8 heteroatoms. The highest BCUT2D eigenvalue weighted by molar-refractivity contribution is 6.30. The number of piperidine rings is 1. The van der Waals surface area contributed by atoms with Gasteiger partial charge in [0.05, 0.1) is 6.54 Å². The van der Waals surface area contributed by atoms with E-state index < -0.39 is 5.97 Å². The summed E-state index contributed by atoms with van der Waals surface area (Å²) < 4.78 is 5.31. The van der Waals surface area contributed by atoms with Crippen molar-refractivity contribution in [3.63, 3.8) is 0 Å². The van der Waals surface area contributed by atoms with Gasteiger partial charge < -0.3 is 14.5 Å². The van der Waals surface area contributed by atoms with Crippen LogP contribution in [0.3, 0.4) is 0 Å². The number of hydrogen-bond donors (Lipinski definition) is 1. The summed E-state index contributed by atoms with van der Waals surface area (Å²) in [6.07, 6.45) is 1.48. The number of likely N-dealkylation sites (N-methyl/N-ethyl adjacent to an activating group) is 1. The van der Waals surface area contributed by atoms with E-state index in [9.17, 15) is 9.59 Å². The molecule has 2 heterocycles. The number of carboxylic acid groups (broad SMARTS) is 1. The molecule has 1 N–H and O–H groups in total. The molecule has 1 aromatic heterocycles. The SMILES string of the molecule is CCN(CC(=O)O)C1CCN(C(=O)c2cc(-c3cccc(Cl)c3)on2)CC1. The van der Waals surface area contributed by atoms with Crippen molar-refractivity contribution < 1.29 is 19.2 Å². The maximum Gasteiger partial charge on any atom is 0.317 e. The molecule has 27 heavy (non-hydrogen) atoms. The first-order valence-electron chi connectivity index (χ1n) is 8.95. The molecule has 1 fully saturated rings. The average Bonchev–Trinajstić information content (AvgIpc) is 3.16. The number of hydrogen-bond acceptors (Lipinski definition) is 5. The molecule has 0 bridgehead atoms. The smallest absolute Gasteiger partial charge is 0.317 e. The normalized spacial score (nSPS) is 15.3. The second-order valence-corrected chi connectivity index (χ2v) is 7.00. The minimum absolute atomic E-state index is 0.0292. The molecular formula is C19H22ClN3O4. The third kappa shape index (κ3) is 4.67. The lowest BCUT2D eigenvalue weighted by Gasteiger charge is -2.37. The van der Waals surface area contributed by atoms with Crippen molar-refractivity contribution in [1.29, 1.82) is 0 Å². The van der Waals surface area contributed by atoms with E-state index in [1.165, 1.54) is 0 Å². The lowest BCUT2D eigenvalue weighted by molar-refractivity contribution is -0.139. The van der Waals surface area contributed by atoms with Crippen LogP contribution < -0.4 is 0 Å².